The summed E-state index contributed by atoms with van der Waals surface area (Å²) in [5, 5.41) is 7.23. The van der Waals surface area contributed by atoms with Crippen LogP contribution in [0.15, 0.2) is 35.3 Å². The number of carbonyl (C=O) groups excluding carboxylic acids is 1. The molecule has 2 aliphatic rings. The number of rotatable bonds is 7. The zero-order chi connectivity index (χ0) is 22.1. The topological polar surface area (TPSA) is 56.7 Å². The van der Waals surface area contributed by atoms with E-state index in [0.717, 1.165) is 75.6 Å². The van der Waals surface area contributed by atoms with Crippen LogP contribution in [0.1, 0.15) is 57.9 Å². The minimum atomic E-state index is 0. The van der Waals surface area contributed by atoms with Crippen LogP contribution in [0.4, 0.5) is 0 Å². The monoisotopic (exact) mass is 572 g/mol. The summed E-state index contributed by atoms with van der Waals surface area (Å²) in [6.07, 6.45) is 6.19. The Balaban J connectivity index is 0.00000363. The van der Waals surface area contributed by atoms with Crippen LogP contribution in [0.5, 0.6) is 0 Å². The van der Waals surface area contributed by atoms with Crippen LogP contribution in [0, 0.1) is 5.92 Å². The Bertz CT molecular complexity index is 712. The molecule has 0 bridgehead atoms. The van der Waals surface area contributed by atoms with E-state index in [2.05, 4.69) is 64.7 Å². The van der Waals surface area contributed by atoms with Gasteiger partial charge in [0, 0.05) is 55.6 Å². The molecule has 3 rings (SSSR count). The van der Waals surface area contributed by atoms with Crippen LogP contribution in [-0.4, -0.2) is 61.0 Å². The molecule has 0 spiro atoms. The van der Waals surface area contributed by atoms with Crippen molar-refractivity contribution in [2.75, 3.05) is 38.2 Å². The minimum absolute atomic E-state index is 0. The summed E-state index contributed by atoms with van der Waals surface area (Å²) in [6.45, 7) is 7.26. The Morgan fingerprint density at radius 2 is 1.72 bits per heavy atom. The lowest BCUT2D eigenvalue weighted by atomic mass is 9.76. The number of nitrogens with zero attached hydrogens (tertiary/aromatic N) is 2. The van der Waals surface area contributed by atoms with E-state index in [0.29, 0.717) is 11.9 Å². The number of amides is 1. The number of nitrogens with one attached hydrogen (secondary N) is 2. The fourth-order valence-corrected chi connectivity index (χ4v) is 5.87. The average Bonchev–Trinajstić information content (AvgIpc) is 2.85. The lowest BCUT2D eigenvalue weighted by Gasteiger charge is -2.35. The zero-order valence-corrected chi connectivity index (χ0v) is 23.1. The summed E-state index contributed by atoms with van der Waals surface area (Å²) in [4.78, 5) is 19.4. The highest BCUT2D eigenvalue weighted by Crippen LogP contribution is 2.31. The predicted molar refractivity (Wildman–Crippen MR) is 148 cm³/mol. The summed E-state index contributed by atoms with van der Waals surface area (Å²) >= 11 is 1.96. The Labute approximate surface area is 216 Å². The van der Waals surface area contributed by atoms with Crippen molar-refractivity contribution in [1.82, 2.24) is 15.5 Å². The van der Waals surface area contributed by atoms with E-state index in [-0.39, 0.29) is 35.3 Å². The van der Waals surface area contributed by atoms with Gasteiger partial charge in [-0.1, -0.05) is 44.2 Å². The molecule has 1 aromatic carbocycles. The molecule has 1 saturated carbocycles. The fourth-order valence-electron chi connectivity index (χ4n) is 4.97. The number of aliphatic imine (C=N–C) groups is 1. The summed E-state index contributed by atoms with van der Waals surface area (Å²) in [6, 6.07) is 11.2. The molecule has 1 aliphatic carbocycles. The molecule has 2 N–H and O–H groups in total. The second kappa shape index (κ2) is 13.7. The highest BCUT2D eigenvalue weighted by molar-refractivity contribution is 14.0. The third kappa shape index (κ3) is 7.02. The molecule has 1 aromatic rings. The molecule has 1 amide bonds. The van der Waals surface area contributed by atoms with Gasteiger partial charge in [0.25, 0.3) is 0 Å². The van der Waals surface area contributed by atoms with Gasteiger partial charge in [-0.15, -0.1) is 24.0 Å². The van der Waals surface area contributed by atoms with Crippen LogP contribution >= 0.6 is 35.7 Å². The van der Waals surface area contributed by atoms with Crippen LogP contribution in [-0.2, 0) is 10.2 Å². The molecule has 0 unspecified atom stereocenters. The largest absolute Gasteiger partial charge is 0.356 e. The number of benzene rings is 1. The molecule has 5 nitrogen and oxygen atoms in total. The lowest BCUT2D eigenvalue weighted by Crippen LogP contribution is -2.50. The first kappa shape index (κ1) is 27.3. The normalized spacial score (nSPS) is 22.1. The average molecular weight is 573 g/mol. The Kier molecular flexibility index (Phi) is 11.7. The van der Waals surface area contributed by atoms with Gasteiger partial charge in [0.05, 0.1) is 0 Å². The second-order valence-corrected chi connectivity index (χ2v) is 10.1. The third-order valence-electron chi connectivity index (χ3n) is 7.30. The molecular weight excluding hydrogens is 531 g/mol. The van der Waals surface area contributed by atoms with Crippen molar-refractivity contribution in [2.45, 2.75) is 63.8 Å². The van der Waals surface area contributed by atoms with Crippen LogP contribution in [0.3, 0.4) is 0 Å². The second-order valence-electron chi connectivity index (χ2n) is 8.91. The van der Waals surface area contributed by atoms with E-state index >= 15 is 0 Å². The smallest absolute Gasteiger partial charge is 0.225 e. The van der Waals surface area contributed by atoms with Crippen LogP contribution in [0.2, 0.25) is 0 Å². The Morgan fingerprint density at radius 3 is 2.28 bits per heavy atom. The van der Waals surface area contributed by atoms with Gasteiger partial charge in [-0.25, -0.2) is 0 Å². The zero-order valence-electron chi connectivity index (χ0n) is 19.9. The van der Waals surface area contributed by atoms with Crippen molar-refractivity contribution in [3.63, 3.8) is 0 Å². The van der Waals surface area contributed by atoms with E-state index in [9.17, 15) is 4.79 Å². The van der Waals surface area contributed by atoms with Crippen molar-refractivity contribution in [1.29, 1.82) is 0 Å². The quantitative estimate of drug-likeness (QED) is 0.284. The van der Waals surface area contributed by atoms with E-state index in [1.807, 2.05) is 18.8 Å². The lowest BCUT2D eigenvalue weighted by molar-refractivity contribution is -0.136. The van der Waals surface area contributed by atoms with E-state index in [1.165, 1.54) is 5.56 Å². The summed E-state index contributed by atoms with van der Waals surface area (Å²) < 4.78 is 0. The van der Waals surface area contributed by atoms with Crippen molar-refractivity contribution in [2.24, 2.45) is 10.9 Å². The maximum Gasteiger partial charge on any atom is 0.225 e. The standard InChI is InChI=1S/C25H40N4OS.HI/c1-4-25(5-2,21-9-7-6-8-10-21)19-27-24(26-3)28-22-13-11-20(12-14-22)23(30)29-15-17-31-18-16-29;/h6-10,20,22H,4-5,11-19H2,1-3H3,(H2,26,27,28);1H. The summed E-state index contributed by atoms with van der Waals surface area (Å²) in [7, 11) is 1.85. The van der Waals surface area contributed by atoms with Crippen molar-refractivity contribution < 1.29 is 4.79 Å². The molecule has 1 saturated heterocycles. The van der Waals surface area contributed by atoms with Crippen molar-refractivity contribution >= 4 is 47.6 Å². The molecule has 0 aromatic heterocycles. The highest BCUT2D eigenvalue weighted by atomic mass is 127. The SMILES string of the molecule is CCC(CC)(CNC(=NC)NC1CCC(C(=O)N2CCSCC2)CC1)c1ccccc1.I. The van der Waals surface area contributed by atoms with Gasteiger partial charge in [0.2, 0.25) is 5.91 Å². The first-order valence-corrected chi connectivity index (χ1v) is 13.2. The molecule has 7 heteroatoms. The molecule has 1 heterocycles. The Hall–Kier alpha value is -0.960. The number of guanidine groups is 1. The minimum Gasteiger partial charge on any atom is -0.356 e. The fraction of sp³-hybridized carbons (Fsp3) is 0.680. The maximum absolute atomic E-state index is 12.8. The van der Waals surface area contributed by atoms with E-state index < -0.39 is 0 Å². The Morgan fingerprint density at radius 1 is 1.09 bits per heavy atom. The van der Waals surface area contributed by atoms with Gasteiger partial charge < -0.3 is 15.5 Å². The number of carbonyl (C=O) groups is 1. The molecular formula is C25H41IN4OS. The molecule has 1 aliphatic heterocycles. The first-order valence-electron chi connectivity index (χ1n) is 12.0. The number of thioether (sulfide) groups is 1. The maximum atomic E-state index is 12.8. The van der Waals surface area contributed by atoms with Gasteiger partial charge in [-0.05, 0) is 44.1 Å². The first-order chi connectivity index (χ1) is 15.1. The van der Waals surface area contributed by atoms with Gasteiger partial charge >= 0.3 is 0 Å². The molecule has 2 fully saturated rings. The molecule has 0 atom stereocenters. The van der Waals surface area contributed by atoms with Gasteiger partial charge in [0.15, 0.2) is 5.96 Å². The molecule has 180 valence electrons. The van der Waals surface area contributed by atoms with Crippen LogP contribution < -0.4 is 10.6 Å². The van der Waals surface area contributed by atoms with Crippen molar-refractivity contribution in [3.8, 4) is 0 Å². The number of hydrogen-bond donors (Lipinski definition) is 2. The summed E-state index contributed by atoms with van der Waals surface area (Å²) in [5.74, 6) is 3.65. The van der Waals surface area contributed by atoms with Gasteiger partial charge in [-0.3, -0.25) is 9.79 Å². The highest BCUT2D eigenvalue weighted by Gasteiger charge is 2.31. The van der Waals surface area contributed by atoms with Crippen molar-refractivity contribution in [3.05, 3.63) is 35.9 Å². The number of hydrogen-bond acceptors (Lipinski definition) is 3. The summed E-state index contributed by atoms with van der Waals surface area (Å²) in [5.41, 5.74) is 1.49. The van der Waals surface area contributed by atoms with Crippen LogP contribution in [0.25, 0.3) is 0 Å². The molecule has 32 heavy (non-hydrogen) atoms. The molecule has 0 radical (unpaired) electrons. The van der Waals surface area contributed by atoms with Gasteiger partial charge in [0.1, 0.15) is 0 Å². The van der Waals surface area contributed by atoms with E-state index in [1.54, 1.807) is 0 Å². The van der Waals surface area contributed by atoms with E-state index in [4.69, 9.17) is 0 Å². The number of halogens is 1. The predicted octanol–water partition coefficient (Wildman–Crippen LogP) is 4.66. The third-order valence-corrected chi connectivity index (χ3v) is 8.24. The van der Waals surface area contributed by atoms with Gasteiger partial charge in [-0.2, -0.15) is 11.8 Å².